The van der Waals surface area contributed by atoms with Gasteiger partial charge in [0.15, 0.2) is 0 Å². The lowest BCUT2D eigenvalue weighted by atomic mass is 10.4. The van der Waals surface area contributed by atoms with E-state index in [2.05, 4.69) is 12.1 Å². The molecule has 0 heterocycles. The minimum atomic E-state index is -0.396. The summed E-state index contributed by atoms with van der Waals surface area (Å²) in [6.07, 6.45) is 0. The van der Waals surface area contributed by atoms with E-state index in [4.69, 9.17) is 7.57 Å². The zero-order valence-corrected chi connectivity index (χ0v) is 6.31. The fraction of sp³-hybridized carbons (Fsp3) is 0.143. The fourth-order valence-corrected chi connectivity index (χ4v) is 1.31. The molecule has 1 atom stereocenters. The van der Waals surface area contributed by atoms with Gasteiger partial charge >= 0.3 is 0 Å². The van der Waals surface area contributed by atoms with Crippen LogP contribution in [0.1, 0.15) is 0 Å². The van der Waals surface area contributed by atoms with Crippen LogP contribution in [0.3, 0.4) is 0 Å². The highest BCUT2D eigenvalue weighted by Crippen LogP contribution is 2.20. The van der Waals surface area contributed by atoms with Crippen LogP contribution in [0.15, 0.2) is 30.3 Å². The van der Waals surface area contributed by atoms with Gasteiger partial charge in [0, 0.05) is 0 Å². The standard InChI is InChI=1S/C7H8BP/c1-9(8)7-5-3-2-4-6-7/h2-6H,1H3. The molecule has 0 saturated heterocycles. The summed E-state index contributed by atoms with van der Waals surface area (Å²) in [5.41, 5.74) is 0. The third-order valence-electron chi connectivity index (χ3n) is 1.16. The second-order valence-electron chi connectivity index (χ2n) is 1.95. The maximum atomic E-state index is 5.68. The first-order chi connectivity index (χ1) is 4.30. The van der Waals surface area contributed by atoms with Crippen molar-refractivity contribution in [3.63, 3.8) is 0 Å². The van der Waals surface area contributed by atoms with Crippen molar-refractivity contribution in [1.82, 2.24) is 0 Å². The van der Waals surface area contributed by atoms with E-state index in [1.165, 1.54) is 5.30 Å². The Morgan fingerprint density at radius 1 is 1.22 bits per heavy atom. The summed E-state index contributed by atoms with van der Waals surface area (Å²) < 4.78 is 0. The van der Waals surface area contributed by atoms with Crippen LogP contribution in [-0.2, 0) is 0 Å². The zero-order chi connectivity index (χ0) is 6.69. The van der Waals surface area contributed by atoms with Crippen molar-refractivity contribution >= 4 is 20.7 Å². The molecule has 1 aromatic rings. The van der Waals surface area contributed by atoms with E-state index >= 15 is 0 Å². The van der Waals surface area contributed by atoms with Gasteiger partial charge in [-0.2, -0.15) is 0 Å². The molecular weight excluding hydrogens is 126 g/mol. The van der Waals surface area contributed by atoms with Crippen LogP contribution >= 0.6 is 7.80 Å². The van der Waals surface area contributed by atoms with Crippen molar-refractivity contribution in [2.45, 2.75) is 0 Å². The molecule has 0 fully saturated rings. The van der Waals surface area contributed by atoms with E-state index in [0.29, 0.717) is 0 Å². The fourth-order valence-electron chi connectivity index (χ4n) is 0.663. The van der Waals surface area contributed by atoms with Gasteiger partial charge in [-0.1, -0.05) is 30.3 Å². The molecule has 1 aromatic carbocycles. The first kappa shape index (κ1) is 6.83. The van der Waals surface area contributed by atoms with Crippen LogP contribution in [0, 0.1) is 0 Å². The summed E-state index contributed by atoms with van der Waals surface area (Å²) in [5.74, 6) is 0. The van der Waals surface area contributed by atoms with Crippen LogP contribution in [0.5, 0.6) is 0 Å². The molecule has 1 unspecified atom stereocenters. The Labute approximate surface area is 58.4 Å². The Balaban J connectivity index is 2.85. The third kappa shape index (κ3) is 1.84. The molecule has 2 radical (unpaired) electrons. The van der Waals surface area contributed by atoms with Gasteiger partial charge in [0.1, 0.15) is 7.57 Å². The number of rotatable bonds is 1. The van der Waals surface area contributed by atoms with Gasteiger partial charge in [0.05, 0.1) is 0 Å². The van der Waals surface area contributed by atoms with Gasteiger partial charge in [-0.05, 0) is 12.0 Å². The van der Waals surface area contributed by atoms with Crippen LogP contribution in [-0.4, -0.2) is 14.2 Å². The highest BCUT2D eigenvalue weighted by Gasteiger charge is 1.92. The van der Waals surface area contributed by atoms with Crippen LogP contribution in [0.2, 0.25) is 0 Å². The Morgan fingerprint density at radius 2 is 1.78 bits per heavy atom. The molecule has 0 aromatic heterocycles. The minimum Gasteiger partial charge on any atom is -0.130 e. The second kappa shape index (κ2) is 3.03. The van der Waals surface area contributed by atoms with E-state index in [1.807, 2.05) is 24.9 Å². The monoisotopic (exact) mass is 134 g/mol. The van der Waals surface area contributed by atoms with Crippen molar-refractivity contribution in [3.05, 3.63) is 30.3 Å². The smallest absolute Gasteiger partial charge is 0.115 e. The molecule has 0 nitrogen and oxygen atoms in total. The molecule has 2 heteroatoms. The van der Waals surface area contributed by atoms with Crippen molar-refractivity contribution in [2.75, 3.05) is 6.66 Å². The zero-order valence-electron chi connectivity index (χ0n) is 5.41. The van der Waals surface area contributed by atoms with Gasteiger partial charge < -0.3 is 0 Å². The lowest BCUT2D eigenvalue weighted by molar-refractivity contribution is 1.77. The number of benzene rings is 1. The summed E-state index contributed by atoms with van der Waals surface area (Å²) in [5, 5.41) is 1.26. The summed E-state index contributed by atoms with van der Waals surface area (Å²) in [6, 6.07) is 10.2. The van der Waals surface area contributed by atoms with E-state index in [1.54, 1.807) is 0 Å². The first-order valence-electron chi connectivity index (χ1n) is 2.84. The molecule has 0 N–H and O–H groups in total. The van der Waals surface area contributed by atoms with E-state index < -0.39 is 7.80 Å². The van der Waals surface area contributed by atoms with Crippen molar-refractivity contribution in [2.24, 2.45) is 0 Å². The predicted octanol–water partition coefficient (Wildman–Crippen LogP) is 1.51. The maximum Gasteiger partial charge on any atom is 0.115 e. The summed E-state index contributed by atoms with van der Waals surface area (Å²) in [7, 11) is 5.28. The van der Waals surface area contributed by atoms with E-state index in [-0.39, 0.29) is 0 Å². The highest BCUT2D eigenvalue weighted by molar-refractivity contribution is 7.87. The van der Waals surface area contributed by atoms with E-state index in [0.717, 1.165) is 0 Å². The molecular formula is C7H8BP. The SMILES string of the molecule is [B]P(C)c1ccccc1. The lowest BCUT2D eigenvalue weighted by Gasteiger charge is -2.03. The quantitative estimate of drug-likeness (QED) is 0.403. The predicted molar refractivity (Wildman–Crippen MR) is 44.7 cm³/mol. The number of hydrogen-bond acceptors (Lipinski definition) is 0. The Kier molecular flexibility index (Phi) is 2.30. The second-order valence-corrected chi connectivity index (χ2v) is 3.68. The molecule has 0 saturated carbocycles. The highest BCUT2D eigenvalue weighted by atomic mass is 31.1. The van der Waals surface area contributed by atoms with Gasteiger partial charge in [-0.3, -0.25) is 0 Å². The average Bonchev–Trinajstić information content (AvgIpc) is 1.90. The largest absolute Gasteiger partial charge is 0.130 e. The molecule has 9 heavy (non-hydrogen) atoms. The van der Waals surface area contributed by atoms with Gasteiger partial charge in [-0.25, -0.2) is 0 Å². The Morgan fingerprint density at radius 3 is 2.11 bits per heavy atom. The Hall–Kier alpha value is -0.285. The molecule has 0 aliphatic carbocycles. The Bertz CT molecular complexity index is 172. The van der Waals surface area contributed by atoms with Crippen LogP contribution in [0.4, 0.5) is 0 Å². The average molecular weight is 134 g/mol. The molecule has 0 spiro atoms. The summed E-state index contributed by atoms with van der Waals surface area (Å²) >= 11 is 0. The maximum absolute atomic E-state index is 5.68. The summed E-state index contributed by atoms with van der Waals surface area (Å²) in [4.78, 5) is 0. The third-order valence-corrected chi connectivity index (χ3v) is 2.28. The van der Waals surface area contributed by atoms with E-state index in [9.17, 15) is 0 Å². The molecule has 0 amide bonds. The van der Waals surface area contributed by atoms with Crippen molar-refractivity contribution in [3.8, 4) is 0 Å². The van der Waals surface area contributed by atoms with Crippen LogP contribution in [0.25, 0.3) is 0 Å². The number of hydrogen-bond donors (Lipinski definition) is 0. The molecule has 0 aliphatic heterocycles. The van der Waals surface area contributed by atoms with Crippen molar-refractivity contribution in [1.29, 1.82) is 0 Å². The van der Waals surface area contributed by atoms with Gasteiger partial charge in [-0.15, -0.1) is 7.80 Å². The topological polar surface area (TPSA) is 0 Å². The summed E-state index contributed by atoms with van der Waals surface area (Å²) in [6.45, 7) is 2.05. The van der Waals surface area contributed by atoms with Crippen molar-refractivity contribution < 1.29 is 0 Å². The van der Waals surface area contributed by atoms with Gasteiger partial charge in [0.25, 0.3) is 0 Å². The lowest BCUT2D eigenvalue weighted by Crippen LogP contribution is -1.96. The minimum absolute atomic E-state index is 0.396. The molecule has 0 aliphatic rings. The molecule has 1 rings (SSSR count). The molecule has 0 bridgehead atoms. The van der Waals surface area contributed by atoms with Crippen LogP contribution < -0.4 is 5.30 Å². The van der Waals surface area contributed by atoms with Gasteiger partial charge in [0.2, 0.25) is 0 Å². The normalized spacial score (nSPS) is 13.0. The first-order valence-corrected chi connectivity index (χ1v) is 4.70. The molecule has 44 valence electrons.